The van der Waals surface area contributed by atoms with Gasteiger partial charge in [0.05, 0.1) is 6.04 Å². The summed E-state index contributed by atoms with van der Waals surface area (Å²) in [4.78, 5) is 6.80. The van der Waals surface area contributed by atoms with Crippen LogP contribution in [-0.2, 0) is 19.4 Å². The lowest BCUT2D eigenvalue weighted by Crippen LogP contribution is -2.47. The number of benzene rings is 2. The zero-order valence-electron chi connectivity index (χ0n) is 15.7. The van der Waals surface area contributed by atoms with Crippen LogP contribution in [0.25, 0.3) is 0 Å². The minimum Gasteiger partial charge on any atom is -0.296 e. The zero-order chi connectivity index (χ0) is 18.1. The molecular formula is C24H26N2S. The van der Waals surface area contributed by atoms with E-state index in [0.29, 0.717) is 6.04 Å². The number of hydrogen-bond acceptors (Lipinski definition) is 3. The van der Waals surface area contributed by atoms with Crippen LogP contribution in [0.4, 0.5) is 0 Å². The predicted molar refractivity (Wildman–Crippen MR) is 113 cm³/mol. The molecule has 0 N–H and O–H groups in total. The molecule has 1 aliphatic carbocycles. The second kappa shape index (κ2) is 7.59. The van der Waals surface area contributed by atoms with E-state index in [1.54, 1.807) is 0 Å². The topological polar surface area (TPSA) is 6.48 Å². The summed E-state index contributed by atoms with van der Waals surface area (Å²) in [5, 5.41) is 2.19. The first-order valence-corrected chi connectivity index (χ1v) is 10.9. The third-order valence-corrected chi connectivity index (χ3v) is 6.96. The second-order valence-electron chi connectivity index (χ2n) is 7.69. The number of rotatable bonds is 3. The van der Waals surface area contributed by atoms with Gasteiger partial charge in [-0.25, -0.2) is 0 Å². The molecule has 27 heavy (non-hydrogen) atoms. The van der Waals surface area contributed by atoms with Gasteiger partial charge in [0.25, 0.3) is 0 Å². The summed E-state index contributed by atoms with van der Waals surface area (Å²) in [5.41, 5.74) is 6.10. The van der Waals surface area contributed by atoms with Crippen LogP contribution >= 0.6 is 11.3 Å². The van der Waals surface area contributed by atoms with Gasteiger partial charge >= 0.3 is 0 Å². The van der Waals surface area contributed by atoms with Gasteiger partial charge in [-0.3, -0.25) is 9.80 Å². The van der Waals surface area contributed by atoms with Crippen molar-refractivity contribution in [3.63, 3.8) is 0 Å². The van der Waals surface area contributed by atoms with E-state index in [9.17, 15) is 0 Å². The molecule has 0 radical (unpaired) electrons. The highest BCUT2D eigenvalue weighted by Crippen LogP contribution is 2.37. The second-order valence-corrected chi connectivity index (χ2v) is 8.72. The van der Waals surface area contributed by atoms with Gasteiger partial charge in [0.15, 0.2) is 0 Å². The van der Waals surface area contributed by atoms with Gasteiger partial charge in [0, 0.05) is 37.6 Å². The molecule has 0 unspecified atom stereocenters. The summed E-state index contributed by atoms with van der Waals surface area (Å²) in [6, 6.07) is 23.0. The Morgan fingerprint density at radius 2 is 1.37 bits per heavy atom. The standard InChI is InChI=1S/C24H26N2S/c1-3-9-22-19(6-1)11-12-20-7-2-4-10-23(20)24(22)26-15-13-25(14-16-26)18-21-8-5-17-27-21/h1-10,17,24H,11-16,18H2. The SMILES string of the molecule is c1csc(CN2CCN(C3c4ccccc4CCc4ccccc43)CC2)c1. The van der Waals surface area contributed by atoms with Gasteiger partial charge in [-0.2, -0.15) is 0 Å². The van der Waals surface area contributed by atoms with Gasteiger partial charge in [-0.15, -0.1) is 11.3 Å². The first kappa shape index (κ1) is 17.2. The van der Waals surface area contributed by atoms with Gasteiger partial charge < -0.3 is 0 Å². The van der Waals surface area contributed by atoms with Crippen LogP contribution in [-0.4, -0.2) is 36.0 Å². The number of nitrogens with zero attached hydrogens (tertiary/aromatic N) is 2. The first-order valence-electron chi connectivity index (χ1n) is 10.0. The number of thiophene rings is 1. The quantitative estimate of drug-likeness (QED) is 0.652. The van der Waals surface area contributed by atoms with Gasteiger partial charge in [-0.1, -0.05) is 54.6 Å². The summed E-state index contributed by atoms with van der Waals surface area (Å²) in [7, 11) is 0. The summed E-state index contributed by atoms with van der Waals surface area (Å²) < 4.78 is 0. The van der Waals surface area contributed by atoms with Crippen LogP contribution in [0.15, 0.2) is 66.0 Å². The largest absolute Gasteiger partial charge is 0.296 e. The van der Waals surface area contributed by atoms with E-state index in [1.165, 1.54) is 27.1 Å². The molecule has 5 rings (SSSR count). The summed E-state index contributed by atoms with van der Waals surface area (Å²) >= 11 is 1.87. The lowest BCUT2D eigenvalue weighted by atomic mass is 9.93. The number of hydrogen-bond donors (Lipinski definition) is 0. The lowest BCUT2D eigenvalue weighted by molar-refractivity contribution is 0.105. The Bertz CT molecular complexity index is 847. The van der Waals surface area contributed by atoms with E-state index >= 15 is 0 Å². The fraction of sp³-hybridized carbons (Fsp3) is 0.333. The molecule has 1 saturated heterocycles. The fourth-order valence-corrected chi connectivity index (χ4v) is 5.44. The molecule has 0 amide bonds. The van der Waals surface area contributed by atoms with Crippen molar-refractivity contribution in [2.75, 3.05) is 26.2 Å². The molecule has 0 saturated carbocycles. The molecule has 2 heterocycles. The highest BCUT2D eigenvalue weighted by atomic mass is 32.1. The summed E-state index contributed by atoms with van der Waals surface area (Å²) in [6.07, 6.45) is 2.31. The van der Waals surface area contributed by atoms with E-state index in [4.69, 9.17) is 0 Å². The normalized spacial score (nSPS) is 18.7. The van der Waals surface area contributed by atoms with Crippen molar-refractivity contribution < 1.29 is 0 Å². The molecule has 1 aliphatic heterocycles. The predicted octanol–water partition coefficient (Wildman–Crippen LogP) is 4.75. The monoisotopic (exact) mass is 374 g/mol. The van der Waals surface area contributed by atoms with Crippen molar-refractivity contribution in [3.05, 3.63) is 93.2 Å². The number of piperazine rings is 1. The Hall–Kier alpha value is -1.94. The highest BCUT2D eigenvalue weighted by molar-refractivity contribution is 7.09. The van der Waals surface area contributed by atoms with E-state index < -0.39 is 0 Å². The van der Waals surface area contributed by atoms with Crippen LogP contribution in [0.1, 0.15) is 33.2 Å². The first-order chi connectivity index (χ1) is 13.4. The van der Waals surface area contributed by atoms with E-state index in [1.807, 2.05) is 11.3 Å². The minimum atomic E-state index is 0.406. The Kier molecular flexibility index (Phi) is 4.83. The van der Waals surface area contributed by atoms with Crippen LogP contribution in [0.3, 0.4) is 0 Å². The van der Waals surface area contributed by atoms with Crippen molar-refractivity contribution >= 4 is 11.3 Å². The smallest absolute Gasteiger partial charge is 0.0608 e. The molecule has 1 aromatic heterocycles. The molecule has 3 aromatic rings. The van der Waals surface area contributed by atoms with Gasteiger partial charge in [-0.05, 0) is 46.5 Å². The van der Waals surface area contributed by atoms with Crippen molar-refractivity contribution in [3.8, 4) is 0 Å². The molecule has 0 atom stereocenters. The maximum absolute atomic E-state index is 2.72. The van der Waals surface area contributed by atoms with Crippen molar-refractivity contribution in [2.45, 2.75) is 25.4 Å². The lowest BCUT2D eigenvalue weighted by Gasteiger charge is -2.40. The molecule has 138 valence electrons. The van der Waals surface area contributed by atoms with Crippen LogP contribution in [0.5, 0.6) is 0 Å². The Morgan fingerprint density at radius 3 is 1.96 bits per heavy atom. The van der Waals surface area contributed by atoms with Crippen molar-refractivity contribution in [1.82, 2.24) is 9.80 Å². The zero-order valence-corrected chi connectivity index (χ0v) is 16.5. The van der Waals surface area contributed by atoms with Gasteiger partial charge in [0.2, 0.25) is 0 Å². The van der Waals surface area contributed by atoms with E-state index in [0.717, 1.165) is 45.6 Å². The van der Waals surface area contributed by atoms with Crippen LogP contribution in [0.2, 0.25) is 0 Å². The van der Waals surface area contributed by atoms with E-state index in [2.05, 4.69) is 75.8 Å². The van der Waals surface area contributed by atoms with E-state index in [-0.39, 0.29) is 0 Å². The maximum atomic E-state index is 2.72. The summed E-state index contributed by atoms with van der Waals surface area (Å²) in [5.74, 6) is 0. The molecule has 0 bridgehead atoms. The molecule has 2 aromatic carbocycles. The van der Waals surface area contributed by atoms with Crippen molar-refractivity contribution in [2.24, 2.45) is 0 Å². The Balaban J connectivity index is 1.41. The average Bonchev–Trinajstić information content (AvgIpc) is 3.16. The average molecular weight is 375 g/mol. The molecule has 0 spiro atoms. The summed E-state index contributed by atoms with van der Waals surface area (Å²) in [6.45, 7) is 5.68. The molecule has 1 fully saturated rings. The van der Waals surface area contributed by atoms with Crippen molar-refractivity contribution in [1.29, 1.82) is 0 Å². The van der Waals surface area contributed by atoms with Crippen LogP contribution < -0.4 is 0 Å². The van der Waals surface area contributed by atoms with Gasteiger partial charge in [0.1, 0.15) is 0 Å². The third kappa shape index (κ3) is 3.47. The third-order valence-electron chi connectivity index (χ3n) is 6.09. The number of fused-ring (bicyclic) bond motifs is 2. The maximum Gasteiger partial charge on any atom is 0.0608 e. The highest BCUT2D eigenvalue weighted by Gasteiger charge is 2.30. The molecular weight excluding hydrogens is 348 g/mol. The number of aryl methyl sites for hydroxylation is 2. The molecule has 2 nitrogen and oxygen atoms in total. The minimum absolute atomic E-state index is 0.406. The molecule has 3 heteroatoms. The molecule has 2 aliphatic rings. The Morgan fingerprint density at radius 1 is 0.741 bits per heavy atom. The fourth-order valence-electron chi connectivity index (χ4n) is 4.69. The van der Waals surface area contributed by atoms with Crippen LogP contribution in [0, 0.1) is 0 Å². The Labute approximate surface area is 166 Å².